The molecule has 2 heterocycles. The van der Waals surface area contributed by atoms with Crippen LogP contribution in [-0.2, 0) is 24.1 Å². The number of amides is 1. The molecule has 1 aliphatic rings. The van der Waals surface area contributed by atoms with Gasteiger partial charge in [0.2, 0.25) is 11.7 Å². The molecule has 1 aromatic heterocycles. The van der Waals surface area contributed by atoms with E-state index in [0.717, 1.165) is 9.04 Å². The van der Waals surface area contributed by atoms with Crippen LogP contribution in [0.4, 0.5) is 18.9 Å². The zero-order chi connectivity index (χ0) is 17.3. The van der Waals surface area contributed by atoms with Crippen molar-refractivity contribution >= 4 is 27.5 Å². The van der Waals surface area contributed by atoms with Crippen LogP contribution in [-0.4, -0.2) is 38.7 Å². The van der Waals surface area contributed by atoms with E-state index in [0.29, 0.717) is 12.2 Å². The topological polar surface area (TPSA) is 63.1 Å². The highest BCUT2D eigenvalue weighted by Gasteiger charge is 2.39. The number of anilines is 1. The summed E-state index contributed by atoms with van der Waals surface area (Å²) in [6, 6.07) is 7.12. The van der Waals surface area contributed by atoms with E-state index in [9.17, 15) is 18.0 Å². The lowest BCUT2D eigenvalue weighted by atomic mass is 10.3. The summed E-state index contributed by atoms with van der Waals surface area (Å²) in [6.07, 6.45) is -4.52. The second-order valence-electron chi connectivity index (χ2n) is 5.35. The normalized spacial score (nSPS) is 15.2. The van der Waals surface area contributed by atoms with Crippen molar-refractivity contribution < 1.29 is 18.0 Å². The zero-order valence-electron chi connectivity index (χ0n) is 12.3. The molecule has 6 nitrogen and oxygen atoms in total. The third-order valence-electron chi connectivity index (χ3n) is 3.58. The van der Waals surface area contributed by atoms with E-state index < -0.39 is 12.0 Å². The van der Waals surface area contributed by atoms with Gasteiger partial charge in [0, 0.05) is 23.2 Å². The second-order valence-corrected chi connectivity index (χ2v) is 6.27. The molecule has 1 amide bonds. The Morgan fingerprint density at radius 2 is 1.92 bits per heavy atom. The molecule has 128 valence electrons. The number of halogens is 4. The summed E-state index contributed by atoms with van der Waals surface area (Å²) < 4.78 is 40.3. The van der Waals surface area contributed by atoms with Crippen LogP contribution in [0.5, 0.6) is 0 Å². The lowest BCUT2D eigenvalue weighted by Gasteiger charge is -2.27. The van der Waals surface area contributed by atoms with Gasteiger partial charge in [0.1, 0.15) is 5.82 Å². The maximum absolute atomic E-state index is 12.8. The van der Waals surface area contributed by atoms with Crippen molar-refractivity contribution in [3.8, 4) is 0 Å². The van der Waals surface area contributed by atoms with E-state index in [1.165, 1.54) is 0 Å². The highest BCUT2D eigenvalue weighted by Crippen LogP contribution is 2.29. The Balaban J connectivity index is 1.61. The van der Waals surface area contributed by atoms with Crippen molar-refractivity contribution in [2.24, 2.45) is 0 Å². The molecule has 0 unspecified atom stereocenters. The molecule has 0 saturated heterocycles. The number of hydrogen-bond donors (Lipinski definition) is 1. The zero-order valence-corrected chi connectivity index (χ0v) is 13.9. The molecular weight excluding hydrogens is 391 g/mol. The molecule has 0 fully saturated rings. The predicted octanol–water partition coefficient (Wildman–Crippen LogP) is 2.51. The first kappa shape index (κ1) is 16.9. The highest BCUT2D eigenvalue weighted by atomic mass is 79.9. The van der Waals surface area contributed by atoms with E-state index in [-0.39, 0.29) is 31.4 Å². The predicted molar refractivity (Wildman–Crippen MR) is 83.1 cm³/mol. The van der Waals surface area contributed by atoms with E-state index in [2.05, 4.69) is 31.4 Å². The van der Waals surface area contributed by atoms with Gasteiger partial charge in [-0.25, -0.2) is 0 Å². The molecule has 24 heavy (non-hydrogen) atoms. The van der Waals surface area contributed by atoms with Crippen LogP contribution >= 0.6 is 15.9 Å². The maximum atomic E-state index is 12.8. The molecule has 1 N–H and O–H groups in total. The lowest BCUT2D eigenvalue weighted by molar-refractivity contribution is -0.148. The third kappa shape index (κ3) is 3.75. The number of nitrogens with one attached hydrogen (secondary N) is 1. The van der Waals surface area contributed by atoms with Gasteiger partial charge in [0.15, 0.2) is 0 Å². The number of benzene rings is 1. The molecule has 0 aliphatic carbocycles. The van der Waals surface area contributed by atoms with Crippen LogP contribution in [0.2, 0.25) is 0 Å². The van der Waals surface area contributed by atoms with Crippen molar-refractivity contribution in [1.29, 1.82) is 0 Å². The third-order valence-corrected chi connectivity index (χ3v) is 4.11. The maximum Gasteiger partial charge on any atom is 0.451 e. The molecule has 10 heteroatoms. The Bertz CT molecular complexity index is 744. The number of rotatable bonds is 3. The number of nitrogens with zero attached hydrogens (tertiary/aromatic N) is 4. The van der Waals surface area contributed by atoms with Gasteiger partial charge in [0.25, 0.3) is 0 Å². The average molecular weight is 404 g/mol. The van der Waals surface area contributed by atoms with Gasteiger partial charge in [-0.15, -0.1) is 10.2 Å². The van der Waals surface area contributed by atoms with E-state index >= 15 is 0 Å². The minimum absolute atomic E-state index is 0.0737. The fourth-order valence-corrected chi connectivity index (χ4v) is 2.75. The fraction of sp³-hybridized carbons (Fsp3) is 0.357. The molecule has 2 aromatic rings. The molecule has 0 radical (unpaired) electrons. The van der Waals surface area contributed by atoms with Crippen LogP contribution in [0.15, 0.2) is 28.7 Å². The number of fused-ring (bicyclic) bond motifs is 1. The standard InChI is InChI=1S/C14H13BrF3N5O/c15-9-1-3-10(4-2-9)19-12(24)8-22-5-6-23-11(7-22)20-21-13(23)14(16,17)18/h1-4H,5-8H2,(H,19,24). The van der Waals surface area contributed by atoms with Crippen LogP contribution < -0.4 is 5.32 Å². The van der Waals surface area contributed by atoms with Crippen LogP contribution in [0.1, 0.15) is 11.6 Å². The minimum Gasteiger partial charge on any atom is -0.325 e. The van der Waals surface area contributed by atoms with Crippen molar-refractivity contribution in [1.82, 2.24) is 19.7 Å². The number of carbonyl (C=O) groups excluding carboxylic acids is 1. The summed E-state index contributed by atoms with van der Waals surface area (Å²) in [7, 11) is 0. The molecule has 0 spiro atoms. The summed E-state index contributed by atoms with van der Waals surface area (Å²) >= 11 is 3.31. The summed E-state index contributed by atoms with van der Waals surface area (Å²) in [5, 5.41) is 9.55. The lowest BCUT2D eigenvalue weighted by Crippen LogP contribution is -2.39. The van der Waals surface area contributed by atoms with Gasteiger partial charge >= 0.3 is 6.18 Å². The number of aromatic nitrogens is 3. The van der Waals surface area contributed by atoms with Crippen LogP contribution in [0.3, 0.4) is 0 Å². The summed E-state index contributed by atoms with van der Waals surface area (Å²) in [5.74, 6) is -1.01. The van der Waals surface area contributed by atoms with Crippen molar-refractivity contribution in [2.45, 2.75) is 19.3 Å². The SMILES string of the molecule is O=C(CN1CCn2c(nnc2C(F)(F)F)C1)Nc1ccc(Br)cc1. The summed E-state index contributed by atoms with van der Waals surface area (Å²) in [6.45, 7) is 0.645. The largest absolute Gasteiger partial charge is 0.451 e. The van der Waals surface area contributed by atoms with Gasteiger partial charge in [-0.2, -0.15) is 13.2 Å². The summed E-state index contributed by atoms with van der Waals surface area (Å²) in [5.41, 5.74) is 0.655. The Labute approximate surface area is 143 Å². The first-order valence-corrected chi connectivity index (χ1v) is 7.89. The number of alkyl halides is 3. The van der Waals surface area contributed by atoms with Crippen molar-refractivity contribution in [2.75, 3.05) is 18.4 Å². The van der Waals surface area contributed by atoms with Crippen LogP contribution in [0, 0.1) is 0 Å². The summed E-state index contributed by atoms with van der Waals surface area (Å²) in [4.78, 5) is 13.8. The number of hydrogen-bond acceptors (Lipinski definition) is 4. The molecule has 0 saturated carbocycles. The molecule has 0 bridgehead atoms. The minimum atomic E-state index is -4.52. The molecule has 3 rings (SSSR count). The quantitative estimate of drug-likeness (QED) is 0.854. The van der Waals surface area contributed by atoms with E-state index in [1.54, 1.807) is 29.2 Å². The Morgan fingerprint density at radius 1 is 1.21 bits per heavy atom. The Morgan fingerprint density at radius 3 is 2.58 bits per heavy atom. The van der Waals surface area contributed by atoms with Gasteiger partial charge < -0.3 is 9.88 Å². The second kappa shape index (κ2) is 6.52. The Hall–Kier alpha value is -1.94. The molecular formula is C14H13BrF3N5O. The van der Waals surface area contributed by atoms with Crippen molar-refractivity contribution in [3.05, 3.63) is 40.4 Å². The monoisotopic (exact) mass is 403 g/mol. The molecule has 0 atom stereocenters. The highest BCUT2D eigenvalue weighted by molar-refractivity contribution is 9.10. The van der Waals surface area contributed by atoms with E-state index in [4.69, 9.17) is 0 Å². The van der Waals surface area contributed by atoms with Crippen LogP contribution in [0.25, 0.3) is 0 Å². The average Bonchev–Trinajstić information content (AvgIpc) is 2.93. The first-order valence-electron chi connectivity index (χ1n) is 7.10. The van der Waals surface area contributed by atoms with Gasteiger partial charge in [0.05, 0.1) is 13.1 Å². The molecule has 1 aliphatic heterocycles. The van der Waals surface area contributed by atoms with E-state index in [1.807, 2.05) is 0 Å². The van der Waals surface area contributed by atoms with Gasteiger partial charge in [-0.05, 0) is 24.3 Å². The van der Waals surface area contributed by atoms with Crippen molar-refractivity contribution in [3.63, 3.8) is 0 Å². The molecule has 1 aromatic carbocycles. The smallest absolute Gasteiger partial charge is 0.325 e. The van der Waals surface area contributed by atoms with Gasteiger partial charge in [-0.3, -0.25) is 9.69 Å². The first-order chi connectivity index (χ1) is 11.3. The number of carbonyl (C=O) groups is 1. The Kier molecular flexibility index (Phi) is 4.59. The van der Waals surface area contributed by atoms with Gasteiger partial charge in [-0.1, -0.05) is 15.9 Å². The fourth-order valence-electron chi connectivity index (χ4n) is 2.49.